The molecular weight excluding hydrogens is 286 g/mol. The van der Waals surface area contributed by atoms with E-state index >= 15 is 0 Å². The lowest BCUT2D eigenvalue weighted by molar-refractivity contribution is -0.0499. The second-order valence-corrected chi connectivity index (χ2v) is 5.92. The summed E-state index contributed by atoms with van der Waals surface area (Å²) in [5.41, 5.74) is 5.88. The van der Waals surface area contributed by atoms with Crippen molar-refractivity contribution in [1.82, 2.24) is 4.90 Å². The van der Waals surface area contributed by atoms with Crippen molar-refractivity contribution in [3.8, 4) is 5.75 Å². The van der Waals surface area contributed by atoms with E-state index in [1.807, 2.05) is 6.92 Å². The van der Waals surface area contributed by atoms with Gasteiger partial charge in [0.15, 0.2) is 0 Å². The van der Waals surface area contributed by atoms with E-state index in [1.165, 1.54) is 6.07 Å². The minimum absolute atomic E-state index is 0.0192. The molecule has 0 aromatic carbocycles. The predicted molar refractivity (Wildman–Crippen MR) is 73.2 cm³/mol. The molecule has 1 aliphatic rings. The first kappa shape index (κ1) is 15.2. The van der Waals surface area contributed by atoms with Crippen LogP contribution in [0.1, 0.15) is 29.4 Å². The number of carbonyl (C=O) groups is 1. The highest BCUT2D eigenvalue weighted by molar-refractivity contribution is 7.12. The van der Waals surface area contributed by atoms with Gasteiger partial charge in [-0.25, -0.2) is 0 Å². The quantitative estimate of drug-likeness (QED) is 0.930. The van der Waals surface area contributed by atoms with E-state index in [9.17, 15) is 13.6 Å². The molecule has 1 fully saturated rings. The van der Waals surface area contributed by atoms with Crippen LogP contribution in [0.5, 0.6) is 5.75 Å². The minimum atomic E-state index is -2.92. The standard InChI is InChI=1S/C13H18F2N2O2S/c1-8(16)9-3-2-5-17(7-9)12(18)11-10(4-6-20-11)19-13(14)15/h4,6,8-9,13H,2-3,5,7,16H2,1H3. The van der Waals surface area contributed by atoms with Crippen LogP contribution in [0.3, 0.4) is 0 Å². The highest BCUT2D eigenvalue weighted by atomic mass is 32.1. The Bertz CT molecular complexity index is 465. The van der Waals surface area contributed by atoms with Crippen LogP contribution in [0.15, 0.2) is 11.4 Å². The molecule has 1 amide bonds. The van der Waals surface area contributed by atoms with Crippen LogP contribution in [0.4, 0.5) is 8.78 Å². The SMILES string of the molecule is CC(N)C1CCCN(C(=O)c2sccc2OC(F)F)C1. The fraction of sp³-hybridized carbons (Fsp3) is 0.615. The molecule has 0 spiro atoms. The van der Waals surface area contributed by atoms with Crippen molar-refractivity contribution in [2.45, 2.75) is 32.4 Å². The van der Waals surface area contributed by atoms with Crippen LogP contribution in [0.2, 0.25) is 0 Å². The number of carbonyl (C=O) groups excluding carboxylic acids is 1. The molecule has 1 aromatic heterocycles. The Kier molecular flexibility index (Phi) is 4.93. The summed E-state index contributed by atoms with van der Waals surface area (Å²) < 4.78 is 29.0. The largest absolute Gasteiger partial charge is 0.433 e. The lowest BCUT2D eigenvalue weighted by atomic mass is 9.92. The third kappa shape index (κ3) is 3.46. The molecule has 1 aromatic rings. The van der Waals surface area contributed by atoms with Crippen molar-refractivity contribution in [2.75, 3.05) is 13.1 Å². The maximum Gasteiger partial charge on any atom is 0.387 e. The first-order chi connectivity index (χ1) is 9.49. The van der Waals surface area contributed by atoms with Crippen LogP contribution < -0.4 is 10.5 Å². The number of nitrogens with zero attached hydrogens (tertiary/aromatic N) is 1. The summed E-state index contributed by atoms with van der Waals surface area (Å²) in [6.45, 7) is 0.209. The summed E-state index contributed by atoms with van der Waals surface area (Å²) in [5, 5.41) is 1.58. The number of hydrogen-bond acceptors (Lipinski definition) is 4. The third-order valence-corrected chi connectivity index (χ3v) is 4.41. The van der Waals surface area contributed by atoms with Gasteiger partial charge in [0, 0.05) is 19.1 Å². The van der Waals surface area contributed by atoms with Gasteiger partial charge in [0.25, 0.3) is 5.91 Å². The molecule has 20 heavy (non-hydrogen) atoms. The van der Waals surface area contributed by atoms with Crippen LogP contribution in [0.25, 0.3) is 0 Å². The fourth-order valence-corrected chi connectivity index (χ4v) is 3.20. The Balaban J connectivity index is 2.09. The van der Waals surface area contributed by atoms with E-state index in [0.29, 0.717) is 13.1 Å². The van der Waals surface area contributed by atoms with Gasteiger partial charge in [0.2, 0.25) is 0 Å². The molecule has 4 nitrogen and oxygen atoms in total. The number of thiophene rings is 1. The molecule has 112 valence electrons. The molecule has 1 saturated heterocycles. The second-order valence-electron chi connectivity index (χ2n) is 5.01. The second kappa shape index (κ2) is 6.49. The molecule has 0 saturated carbocycles. The molecule has 0 radical (unpaired) electrons. The van der Waals surface area contributed by atoms with E-state index in [1.54, 1.807) is 10.3 Å². The number of amides is 1. The number of alkyl halides is 2. The number of halogens is 2. The van der Waals surface area contributed by atoms with Gasteiger partial charge in [-0.15, -0.1) is 11.3 Å². The Morgan fingerprint density at radius 3 is 3.00 bits per heavy atom. The van der Waals surface area contributed by atoms with Gasteiger partial charge >= 0.3 is 6.61 Å². The number of nitrogens with two attached hydrogens (primary N) is 1. The number of rotatable bonds is 4. The minimum Gasteiger partial charge on any atom is -0.433 e. The summed E-state index contributed by atoms with van der Waals surface area (Å²) in [7, 11) is 0. The van der Waals surface area contributed by atoms with E-state index in [0.717, 1.165) is 24.2 Å². The number of hydrogen-bond donors (Lipinski definition) is 1. The highest BCUT2D eigenvalue weighted by Crippen LogP contribution is 2.29. The lowest BCUT2D eigenvalue weighted by Crippen LogP contribution is -2.44. The first-order valence-corrected chi connectivity index (χ1v) is 7.44. The van der Waals surface area contributed by atoms with Crippen molar-refractivity contribution in [1.29, 1.82) is 0 Å². The van der Waals surface area contributed by atoms with Gasteiger partial charge in [0.05, 0.1) is 0 Å². The van der Waals surface area contributed by atoms with Gasteiger partial charge in [0.1, 0.15) is 10.6 Å². The molecule has 2 N–H and O–H groups in total. The summed E-state index contributed by atoms with van der Waals surface area (Å²) in [6.07, 6.45) is 1.88. The third-order valence-electron chi connectivity index (χ3n) is 3.53. The van der Waals surface area contributed by atoms with E-state index in [4.69, 9.17) is 5.73 Å². The topological polar surface area (TPSA) is 55.6 Å². The van der Waals surface area contributed by atoms with Crippen LogP contribution in [-0.2, 0) is 0 Å². The summed E-state index contributed by atoms with van der Waals surface area (Å²) in [6, 6.07) is 1.42. The average Bonchev–Trinajstić information content (AvgIpc) is 2.85. The summed E-state index contributed by atoms with van der Waals surface area (Å²) in [4.78, 5) is 14.3. The number of likely N-dealkylation sites (tertiary alicyclic amines) is 1. The Hall–Kier alpha value is -1.21. The molecule has 2 unspecified atom stereocenters. The van der Waals surface area contributed by atoms with E-state index in [-0.39, 0.29) is 28.5 Å². The lowest BCUT2D eigenvalue weighted by Gasteiger charge is -2.34. The predicted octanol–water partition coefficient (Wildman–Crippen LogP) is 2.55. The zero-order valence-corrected chi connectivity index (χ0v) is 12.0. The van der Waals surface area contributed by atoms with Gasteiger partial charge in [-0.1, -0.05) is 0 Å². The van der Waals surface area contributed by atoms with Gasteiger partial charge in [-0.3, -0.25) is 4.79 Å². The van der Waals surface area contributed by atoms with Crippen molar-refractivity contribution < 1.29 is 18.3 Å². The molecule has 2 heterocycles. The molecule has 1 aliphatic heterocycles. The van der Waals surface area contributed by atoms with Gasteiger partial charge < -0.3 is 15.4 Å². The smallest absolute Gasteiger partial charge is 0.387 e. The normalized spacial score (nSPS) is 21.1. The highest BCUT2D eigenvalue weighted by Gasteiger charge is 2.29. The molecular formula is C13H18F2N2O2S. The Labute approximate surface area is 120 Å². The zero-order valence-electron chi connectivity index (χ0n) is 11.2. The maximum atomic E-state index is 12.4. The average molecular weight is 304 g/mol. The van der Waals surface area contributed by atoms with Gasteiger partial charge in [-0.2, -0.15) is 8.78 Å². The Morgan fingerprint density at radius 2 is 2.35 bits per heavy atom. The molecule has 0 aliphatic carbocycles. The van der Waals surface area contributed by atoms with Crippen molar-refractivity contribution >= 4 is 17.2 Å². The zero-order chi connectivity index (χ0) is 14.7. The van der Waals surface area contributed by atoms with E-state index in [2.05, 4.69) is 4.74 Å². The molecule has 2 atom stereocenters. The van der Waals surface area contributed by atoms with Crippen LogP contribution in [-0.4, -0.2) is 36.5 Å². The fourth-order valence-electron chi connectivity index (χ4n) is 2.41. The van der Waals surface area contributed by atoms with Gasteiger partial charge in [-0.05, 0) is 37.1 Å². The van der Waals surface area contributed by atoms with E-state index < -0.39 is 6.61 Å². The van der Waals surface area contributed by atoms with Crippen molar-refractivity contribution in [3.63, 3.8) is 0 Å². The molecule has 2 rings (SSSR count). The maximum absolute atomic E-state index is 12.4. The van der Waals surface area contributed by atoms with Crippen LogP contribution >= 0.6 is 11.3 Å². The molecule has 0 bridgehead atoms. The van der Waals surface area contributed by atoms with Crippen molar-refractivity contribution in [3.05, 3.63) is 16.3 Å². The van der Waals surface area contributed by atoms with Crippen LogP contribution in [0, 0.1) is 5.92 Å². The monoisotopic (exact) mass is 304 g/mol. The summed E-state index contributed by atoms with van der Waals surface area (Å²) >= 11 is 1.12. The Morgan fingerprint density at radius 1 is 1.60 bits per heavy atom. The summed E-state index contributed by atoms with van der Waals surface area (Å²) in [5.74, 6) is -0.0361. The number of ether oxygens (including phenoxy) is 1. The number of piperidine rings is 1. The molecule has 7 heteroatoms. The first-order valence-electron chi connectivity index (χ1n) is 6.56. The van der Waals surface area contributed by atoms with Crippen molar-refractivity contribution in [2.24, 2.45) is 11.7 Å².